The maximum atomic E-state index is 11.2. The molecular formula is C13H19ClN4O2. The lowest BCUT2D eigenvalue weighted by Crippen LogP contribution is -2.37. The van der Waals surface area contributed by atoms with Crippen molar-refractivity contribution in [1.29, 1.82) is 0 Å². The summed E-state index contributed by atoms with van der Waals surface area (Å²) in [5.41, 5.74) is -0.0676. The topological polar surface area (TPSA) is 72.2 Å². The van der Waals surface area contributed by atoms with E-state index in [9.17, 15) is 10.1 Å². The predicted molar refractivity (Wildman–Crippen MR) is 78.1 cm³/mol. The van der Waals surface area contributed by atoms with Crippen molar-refractivity contribution < 1.29 is 4.92 Å². The Bertz CT molecular complexity index is 489. The highest BCUT2D eigenvalue weighted by Gasteiger charge is 2.30. The van der Waals surface area contributed by atoms with Crippen LogP contribution in [0.2, 0.25) is 5.28 Å². The fourth-order valence-corrected chi connectivity index (χ4v) is 2.83. The van der Waals surface area contributed by atoms with Crippen LogP contribution in [-0.2, 0) is 0 Å². The molecule has 20 heavy (non-hydrogen) atoms. The quantitative estimate of drug-likeness (QED) is 0.473. The Morgan fingerprint density at radius 3 is 2.70 bits per heavy atom. The molecule has 7 heteroatoms. The van der Waals surface area contributed by atoms with E-state index in [0.29, 0.717) is 17.8 Å². The first-order valence-corrected chi connectivity index (χ1v) is 7.30. The van der Waals surface area contributed by atoms with E-state index >= 15 is 0 Å². The third kappa shape index (κ3) is 3.36. The van der Waals surface area contributed by atoms with Gasteiger partial charge >= 0.3 is 5.69 Å². The van der Waals surface area contributed by atoms with Crippen molar-refractivity contribution in [2.45, 2.75) is 45.6 Å². The number of nitro groups is 1. The van der Waals surface area contributed by atoms with Crippen molar-refractivity contribution in [2.24, 2.45) is 5.92 Å². The van der Waals surface area contributed by atoms with Crippen molar-refractivity contribution in [3.8, 4) is 0 Å². The smallest absolute Gasteiger partial charge is 0.329 e. The Morgan fingerprint density at radius 2 is 2.15 bits per heavy atom. The molecule has 1 fully saturated rings. The van der Waals surface area contributed by atoms with E-state index in [4.69, 9.17) is 11.6 Å². The maximum Gasteiger partial charge on any atom is 0.329 e. The largest absolute Gasteiger partial charge is 0.348 e. The van der Waals surface area contributed by atoms with Crippen LogP contribution in [-0.4, -0.2) is 27.5 Å². The summed E-state index contributed by atoms with van der Waals surface area (Å²) in [7, 11) is 0. The summed E-state index contributed by atoms with van der Waals surface area (Å²) in [6.07, 6.45) is 5.61. The fraction of sp³-hybridized carbons (Fsp3) is 0.692. The molecule has 2 rings (SSSR count). The van der Waals surface area contributed by atoms with Crippen molar-refractivity contribution in [3.05, 3.63) is 21.6 Å². The highest BCUT2D eigenvalue weighted by Crippen LogP contribution is 2.33. The van der Waals surface area contributed by atoms with Crippen LogP contribution in [0.3, 0.4) is 0 Å². The second-order valence-electron chi connectivity index (χ2n) is 5.59. The van der Waals surface area contributed by atoms with Gasteiger partial charge in [0.25, 0.3) is 0 Å². The second kappa shape index (κ2) is 6.35. The summed E-state index contributed by atoms with van der Waals surface area (Å²) in [5, 5.41) is 11.2. The molecule has 0 aromatic carbocycles. The normalized spacial score (nSPS) is 15.8. The van der Waals surface area contributed by atoms with Gasteiger partial charge in [0, 0.05) is 12.6 Å². The Morgan fingerprint density at radius 1 is 1.50 bits per heavy atom. The molecule has 0 N–H and O–H groups in total. The SMILES string of the molecule is CC(C)CN(c1nc(Cl)ncc1[N+](=O)[O-])C1CCCC1. The van der Waals surface area contributed by atoms with E-state index in [1.165, 1.54) is 6.20 Å². The Balaban J connectivity index is 2.40. The minimum absolute atomic E-state index is 0.0531. The zero-order valence-electron chi connectivity index (χ0n) is 11.8. The van der Waals surface area contributed by atoms with Gasteiger partial charge in [-0.05, 0) is 30.4 Å². The van der Waals surface area contributed by atoms with E-state index < -0.39 is 4.92 Å². The molecule has 0 saturated heterocycles. The molecule has 1 aromatic rings. The minimum atomic E-state index is -0.437. The summed E-state index contributed by atoms with van der Waals surface area (Å²) in [4.78, 5) is 20.7. The molecule has 1 aliphatic rings. The number of hydrogen-bond donors (Lipinski definition) is 0. The Hall–Kier alpha value is -1.43. The van der Waals surface area contributed by atoms with Crippen molar-refractivity contribution in [3.63, 3.8) is 0 Å². The molecule has 1 heterocycles. The van der Waals surface area contributed by atoms with Crippen LogP contribution in [0, 0.1) is 16.0 Å². The van der Waals surface area contributed by atoms with Crippen molar-refractivity contribution in [2.75, 3.05) is 11.4 Å². The summed E-state index contributed by atoms with van der Waals surface area (Å²) < 4.78 is 0. The summed E-state index contributed by atoms with van der Waals surface area (Å²) in [5.74, 6) is 0.750. The van der Waals surface area contributed by atoms with Gasteiger partial charge in [0.05, 0.1) is 4.92 Å². The first-order chi connectivity index (χ1) is 9.49. The van der Waals surface area contributed by atoms with Gasteiger partial charge in [-0.15, -0.1) is 0 Å². The molecular weight excluding hydrogens is 280 g/mol. The zero-order chi connectivity index (χ0) is 14.7. The molecule has 0 spiro atoms. The first-order valence-electron chi connectivity index (χ1n) is 6.92. The van der Waals surface area contributed by atoms with Gasteiger partial charge in [-0.2, -0.15) is 4.98 Å². The van der Waals surface area contributed by atoms with Gasteiger partial charge in [-0.25, -0.2) is 4.98 Å². The molecule has 1 aliphatic carbocycles. The summed E-state index contributed by atoms with van der Waals surface area (Å²) >= 11 is 5.84. The van der Waals surface area contributed by atoms with Crippen LogP contribution >= 0.6 is 11.6 Å². The van der Waals surface area contributed by atoms with E-state index in [1.807, 2.05) is 4.90 Å². The third-order valence-corrected chi connectivity index (χ3v) is 3.70. The van der Waals surface area contributed by atoms with Crippen LogP contribution in [0.15, 0.2) is 6.20 Å². The Labute approximate surface area is 123 Å². The standard InChI is InChI=1S/C13H19ClN4O2/c1-9(2)8-17(10-5-3-4-6-10)12-11(18(19)20)7-15-13(14)16-12/h7,9-10H,3-6,8H2,1-2H3. The fourth-order valence-electron chi connectivity index (χ4n) is 2.70. The summed E-state index contributed by atoms with van der Waals surface area (Å²) in [6, 6.07) is 0.307. The molecule has 0 atom stereocenters. The second-order valence-corrected chi connectivity index (χ2v) is 5.93. The lowest BCUT2D eigenvalue weighted by atomic mass is 10.1. The lowest BCUT2D eigenvalue weighted by Gasteiger charge is -2.31. The van der Waals surface area contributed by atoms with Gasteiger partial charge in [-0.3, -0.25) is 10.1 Å². The molecule has 0 radical (unpaired) electrons. The van der Waals surface area contributed by atoms with Crippen molar-refractivity contribution in [1.82, 2.24) is 9.97 Å². The van der Waals surface area contributed by atoms with Crippen LogP contribution in [0.1, 0.15) is 39.5 Å². The number of rotatable bonds is 5. The average molecular weight is 299 g/mol. The van der Waals surface area contributed by atoms with E-state index in [0.717, 1.165) is 32.2 Å². The first kappa shape index (κ1) is 15.0. The van der Waals surface area contributed by atoms with Crippen LogP contribution < -0.4 is 4.90 Å². The maximum absolute atomic E-state index is 11.2. The Kier molecular flexibility index (Phi) is 4.75. The third-order valence-electron chi connectivity index (χ3n) is 3.52. The summed E-state index contributed by atoms with van der Waals surface area (Å²) in [6.45, 7) is 4.92. The van der Waals surface area contributed by atoms with E-state index in [-0.39, 0.29) is 11.0 Å². The van der Waals surface area contributed by atoms with Crippen LogP contribution in [0.25, 0.3) is 0 Å². The molecule has 1 saturated carbocycles. The number of aromatic nitrogens is 2. The average Bonchev–Trinajstić information content (AvgIpc) is 2.88. The van der Waals surface area contributed by atoms with Gasteiger partial charge in [0.2, 0.25) is 11.1 Å². The van der Waals surface area contributed by atoms with Crippen LogP contribution in [0.4, 0.5) is 11.5 Å². The molecule has 6 nitrogen and oxygen atoms in total. The number of nitrogens with zero attached hydrogens (tertiary/aromatic N) is 4. The zero-order valence-corrected chi connectivity index (χ0v) is 12.5. The van der Waals surface area contributed by atoms with Gasteiger partial charge in [-0.1, -0.05) is 26.7 Å². The monoisotopic (exact) mass is 298 g/mol. The van der Waals surface area contributed by atoms with Gasteiger partial charge in [0.15, 0.2) is 0 Å². The number of hydrogen-bond acceptors (Lipinski definition) is 5. The molecule has 1 aromatic heterocycles. The molecule has 0 amide bonds. The molecule has 0 aliphatic heterocycles. The predicted octanol–water partition coefficient (Wildman–Crippen LogP) is 3.44. The van der Waals surface area contributed by atoms with E-state index in [1.54, 1.807) is 0 Å². The highest BCUT2D eigenvalue weighted by molar-refractivity contribution is 6.28. The number of halogens is 1. The molecule has 0 bridgehead atoms. The highest BCUT2D eigenvalue weighted by atomic mass is 35.5. The van der Waals surface area contributed by atoms with Crippen molar-refractivity contribution >= 4 is 23.1 Å². The van der Waals surface area contributed by atoms with Gasteiger partial charge in [0.1, 0.15) is 6.20 Å². The minimum Gasteiger partial charge on any atom is -0.348 e. The van der Waals surface area contributed by atoms with Crippen LogP contribution in [0.5, 0.6) is 0 Å². The van der Waals surface area contributed by atoms with Gasteiger partial charge < -0.3 is 4.90 Å². The number of anilines is 1. The van der Waals surface area contributed by atoms with E-state index in [2.05, 4.69) is 23.8 Å². The lowest BCUT2D eigenvalue weighted by molar-refractivity contribution is -0.384. The molecule has 110 valence electrons. The molecule has 0 unspecified atom stereocenters.